The lowest BCUT2D eigenvalue weighted by Gasteiger charge is -2.25. The number of nitrogens with one attached hydrogen (secondary N) is 1. The topological polar surface area (TPSA) is 38.3 Å². The van der Waals surface area contributed by atoms with Crippen LogP contribution in [0, 0.1) is 6.92 Å². The predicted molar refractivity (Wildman–Crippen MR) is 128 cm³/mol. The maximum atomic E-state index is 12.9. The van der Waals surface area contributed by atoms with Gasteiger partial charge < -0.3 is 10.1 Å². The number of benzene rings is 2. The molecule has 1 fully saturated rings. The minimum Gasteiger partial charge on any atom is -0.380 e. The molecule has 0 aliphatic heterocycles. The van der Waals surface area contributed by atoms with Crippen molar-refractivity contribution in [2.75, 3.05) is 11.5 Å². The first-order chi connectivity index (χ1) is 13.7. The van der Waals surface area contributed by atoms with Crippen molar-refractivity contribution in [1.82, 2.24) is 0 Å². The number of ether oxygens (including phenoxy) is 1. The second kappa shape index (κ2) is 9.15. The highest BCUT2D eigenvalue weighted by molar-refractivity contribution is 9.10. The van der Waals surface area contributed by atoms with Gasteiger partial charge in [-0.05, 0) is 60.0 Å². The van der Waals surface area contributed by atoms with Crippen molar-refractivity contribution in [3.05, 3.63) is 63.1 Å². The van der Waals surface area contributed by atoms with E-state index in [1.165, 1.54) is 18.4 Å². The SMILES string of the molecule is Cc1cc(C2CC2)ccc1C(=O)Nc1cccc(Br)c1COC[SiH](C)C(C)(C)C. The fourth-order valence-electron chi connectivity index (χ4n) is 3.21. The summed E-state index contributed by atoms with van der Waals surface area (Å²) in [6.07, 6.45) is 3.35. The van der Waals surface area contributed by atoms with Crippen molar-refractivity contribution in [2.45, 2.75) is 64.6 Å². The molecule has 156 valence electrons. The van der Waals surface area contributed by atoms with E-state index in [1.807, 2.05) is 31.2 Å². The summed E-state index contributed by atoms with van der Waals surface area (Å²) in [4.78, 5) is 12.9. The van der Waals surface area contributed by atoms with Crippen molar-refractivity contribution in [3.8, 4) is 0 Å². The Bertz CT molecular complexity index is 887. The summed E-state index contributed by atoms with van der Waals surface area (Å²) < 4.78 is 7.03. The van der Waals surface area contributed by atoms with E-state index >= 15 is 0 Å². The van der Waals surface area contributed by atoms with Crippen LogP contribution in [-0.2, 0) is 11.3 Å². The molecule has 2 aromatic carbocycles. The third kappa shape index (κ3) is 5.80. The molecule has 2 aromatic rings. The Labute approximate surface area is 185 Å². The van der Waals surface area contributed by atoms with Gasteiger partial charge in [0.15, 0.2) is 0 Å². The molecule has 0 spiro atoms. The van der Waals surface area contributed by atoms with Crippen LogP contribution in [0.1, 0.15) is 66.6 Å². The van der Waals surface area contributed by atoms with Crippen LogP contribution in [0.4, 0.5) is 5.69 Å². The van der Waals surface area contributed by atoms with Crippen molar-refractivity contribution >= 4 is 36.3 Å². The zero-order valence-corrected chi connectivity index (χ0v) is 20.9. The fourth-order valence-corrected chi connectivity index (χ4v) is 4.66. The number of rotatable bonds is 7. The van der Waals surface area contributed by atoms with Gasteiger partial charge in [-0.1, -0.05) is 61.4 Å². The van der Waals surface area contributed by atoms with Crippen molar-refractivity contribution < 1.29 is 9.53 Å². The van der Waals surface area contributed by atoms with E-state index in [-0.39, 0.29) is 5.91 Å². The van der Waals surface area contributed by atoms with Gasteiger partial charge in [-0.3, -0.25) is 4.79 Å². The van der Waals surface area contributed by atoms with Gasteiger partial charge in [-0.15, -0.1) is 0 Å². The standard InChI is InChI=1S/C24H32BrNO2Si/c1-16-13-18(17-9-10-17)11-12-19(16)23(27)26-22-8-6-7-21(25)20(22)14-28-15-29(5)24(2,3)4/h6-8,11-13,17,29H,9-10,14-15H2,1-5H3,(H,26,27). The smallest absolute Gasteiger partial charge is 0.255 e. The lowest BCUT2D eigenvalue weighted by atomic mass is 10.0. The lowest BCUT2D eigenvalue weighted by molar-refractivity contribution is 0.102. The summed E-state index contributed by atoms with van der Waals surface area (Å²) in [5.74, 6) is 0.625. The number of halogens is 1. The second-order valence-electron chi connectivity index (χ2n) is 9.35. The monoisotopic (exact) mass is 473 g/mol. The average molecular weight is 475 g/mol. The van der Waals surface area contributed by atoms with Gasteiger partial charge in [0.1, 0.15) is 0 Å². The molecule has 5 heteroatoms. The third-order valence-corrected chi connectivity index (χ3v) is 10.4. The Kier molecular flexibility index (Phi) is 7.02. The van der Waals surface area contributed by atoms with Crippen molar-refractivity contribution in [2.24, 2.45) is 0 Å². The highest BCUT2D eigenvalue weighted by Crippen LogP contribution is 2.40. The molecule has 0 aromatic heterocycles. The highest BCUT2D eigenvalue weighted by Gasteiger charge is 2.25. The predicted octanol–water partition coefficient (Wildman–Crippen LogP) is 6.60. The van der Waals surface area contributed by atoms with Crippen LogP contribution in [0.2, 0.25) is 11.6 Å². The Morgan fingerprint density at radius 3 is 2.59 bits per heavy atom. The second-order valence-corrected chi connectivity index (χ2v) is 14.1. The van der Waals surface area contributed by atoms with Gasteiger partial charge in [-0.25, -0.2) is 0 Å². The number of carbonyl (C=O) groups is 1. The Hall–Kier alpha value is -1.43. The van der Waals surface area contributed by atoms with E-state index in [1.54, 1.807) is 0 Å². The molecule has 1 atom stereocenters. The minimum atomic E-state index is -0.981. The molecule has 1 N–H and O–H groups in total. The number of hydrogen-bond donors (Lipinski definition) is 1. The van der Waals surface area contributed by atoms with Gasteiger partial charge in [0.25, 0.3) is 5.91 Å². The molecule has 3 nitrogen and oxygen atoms in total. The summed E-state index contributed by atoms with van der Waals surface area (Å²) in [5, 5.41) is 3.45. The first-order valence-corrected chi connectivity index (χ1v) is 13.8. The zero-order chi connectivity index (χ0) is 21.2. The van der Waals surface area contributed by atoms with Gasteiger partial charge in [-0.2, -0.15) is 0 Å². The maximum absolute atomic E-state index is 12.9. The molecule has 1 saturated carbocycles. The zero-order valence-electron chi connectivity index (χ0n) is 18.1. The molecular formula is C24H32BrNO2Si. The molecule has 1 amide bonds. The molecule has 0 bridgehead atoms. The van der Waals surface area contributed by atoms with Crippen LogP contribution in [0.3, 0.4) is 0 Å². The molecule has 1 aliphatic carbocycles. The van der Waals surface area contributed by atoms with Crippen LogP contribution < -0.4 is 5.32 Å². The Morgan fingerprint density at radius 2 is 1.97 bits per heavy atom. The van der Waals surface area contributed by atoms with Crippen LogP contribution in [-0.4, -0.2) is 20.9 Å². The van der Waals surface area contributed by atoms with E-state index in [2.05, 4.69) is 60.7 Å². The van der Waals surface area contributed by atoms with E-state index in [0.29, 0.717) is 17.6 Å². The molecule has 0 saturated heterocycles. The molecule has 0 radical (unpaired) electrons. The molecule has 3 rings (SSSR count). The first-order valence-electron chi connectivity index (χ1n) is 10.4. The number of anilines is 1. The van der Waals surface area contributed by atoms with Crippen LogP contribution in [0.25, 0.3) is 0 Å². The summed E-state index contributed by atoms with van der Waals surface area (Å²) in [6.45, 7) is 11.7. The van der Waals surface area contributed by atoms with Crippen molar-refractivity contribution in [3.63, 3.8) is 0 Å². The van der Waals surface area contributed by atoms with Gasteiger partial charge in [0.2, 0.25) is 0 Å². The van der Waals surface area contributed by atoms with E-state index in [4.69, 9.17) is 4.74 Å². The quantitative estimate of drug-likeness (QED) is 0.459. The molecule has 1 aliphatic rings. The lowest BCUT2D eigenvalue weighted by Crippen LogP contribution is -2.28. The van der Waals surface area contributed by atoms with E-state index in [9.17, 15) is 4.79 Å². The highest BCUT2D eigenvalue weighted by atomic mass is 79.9. The Morgan fingerprint density at radius 1 is 1.24 bits per heavy atom. The van der Waals surface area contributed by atoms with Crippen LogP contribution in [0.15, 0.2) is 40.9 Å². The van der Waals surface area contributed by atoms with Gasteiger partial charge in [0.05, 0.1) is 15.4 Å². The molecular weight excluding hydrogens is 442 g/mol. The number of carbonyl (C=O) groups excluding carboxylic acids is 1. The summed E-state index contributed by atoms with van der Waals surface area (Å²) in [7, 11) is -0.981. The normalized spacial score (nSPS) is 15.2. The van der Waals surface area contributed by atoms with Crippen LogP contribution in [0.5, 0.6) is 0 Å². The van der Waals surface area contributed by atoms with E-state index < -0.39 is 8.80 Å². The summed E-state index contributed by atoms with van der Waals surface area (Å²) in [6, 6.07) is 12.1. The molecule has 0 heterocycles. The van der Waals surface area contributed by atoms with Crippen LogP contribution >= 0.6 is 15.9 Å². The largest absolute Gasteiger partial charge is 0.380 e. The van der Waals surface area contributed by atoms with Crippen molar-refractivity contribution in [1.29, 1.82) is 0 Å². The van der Waals surface area contributed by atoms with Gasteiger partial charge >= 0.3 is 0 Å². The number of aryl methyl sites for hydroxylation is 1. The summed E-state index contributed by atoms with van der Waals surface area (Å²) >= 11 is 3.63. The van der Waals surface area contributed by atoms with Gasteiger partial charge in [0, 0.05) is 27.5 Å². The first kappa shape index (κ1) is 22.3. The maximum Gasteiger partial charge on any atom is 0.255 e. The third-order valence-electron chi connectivity index (χ3n) is 6.00. The van der Waals surface area contributed by atoms with E-state index in [0.717, 1.165) is 33.1 Å². The number of hydrogen-bond acceptors (Lipinski definition) is 2. The molecule has 29 heavy (non-hydrogen) atoms. The summed E-state index contributed by atoms with van der Waals surface area (Å²) in [5.41, 5.74) is 4.91. The fraction of sp³-hybridized carbons (Fsp3) is 0.458. The molecule has 1 unspecified atom stereocenters. The Balaban J connectivity index is 1.70. The average Bonchev–Trinajstić information content (AvgIpc) is 3.48. The minimum absolute atomic E-state index is 0.0679. The number of amides is 1.